The van der Waals surface area contributed by atoms with E-state index in [9.17, 15) is 0 Å². The first-order chi connectivity index (χ1) is 5.86. The fraction of sp³-hybridized carbons (Fsp3) is 0.250. The Kier molecular flexibility index (Phi) is 3.88. The van der Waals surface area contributed by atoms with E-state index in [1.54, 1.807) is 14.2 Å². The molecular weight excluding hydrogens is 173 g/mol. The summed E-state index contributed by atoms with van der Waals surface area (Å²) >= 11 is 0. The Balaban J connectivity index is 2.79. The van der Waals surface area contributed by atoms with Crippen LogP contribution in [-0.4, -0.2) is 14.2 Å². The Labute approximate surface area is 73.0 Å². The largest absolute Gasteiger partial charge is 0.564 e. The molecule has 0 atom stereocenters. The molecule has 0 N–H and O–H groups in total. The zero-order valence-electron chi connectivity index (χ0n) is 7.10. The lowest BCUT2D eigenvalue weighted by Gasteiger charge is -1.85. The third-order valence-corrected chi connectivity index (χ3v) is 2.28. The van der Waals surface area contributed by atoms with Gasteiger partial charge in [0.2, 0.25) is 0 Å². The summed E-state index contributed by atoms with van der Waals surface area (Å²) in [5.41, 5.74) is 0.882. The summed E-state index contributed by atoms with van der Waals surface area (Å²) in [4.78, 5) is 0. The molecule has 12 heavy (non-hydrogen) atoms. The van der Waals surface area contributed by atoms with Crippen LogP contribution < -0.4 is 0 Å². The summed E-state index contributed by atoms with van der Waals surface area (Å²) in [6, 6.07) is 9.62. The Morgan fingerprint density at radius 2 is 1.67 bits per heavy atom. The van der Waals surface area contributed by atoms with Crippen molar-refractivity contribution in [1.82, 2.24) is 0 Å². The van der Waals surface area contributed by atoms with E-state index >= 15 is 0 Å². The number of hydrogen-bond donors (Lipinski definition) is 0. The normalized spacial score (nSPS) is 9.50. The van der Waals surface area contributed by atoms with E-state index in [0.29, 0.717) is 0 Å². The number of benzene rings is 1. The summed E-state index contributed by atoms with van der Waals surface area (Å²) in [6.45, 7) is 0. The average Bonchev–Trinajstić information content (AvgIpc) is 2.16. The van der Waals surface area contributed by atoms with Gasteiger partial charge < -0.3 is 0 Å². The van der Waals surface area contributed by atoms with Gasteiger partial charge in [0.1, 0.15) is 5.69 Å². The molecule has 3 nitrogen and oxygen atoms in total. The van der Waals surface area contributed by atoms with E-state index in [1.165, 1.54) is 0 Å². The Morgan fingerprint density at radius 1 is 1.08 bits per heavy atom. The molecule has 0 spiro atoms. The van der Waals surface area contributed by atoms with Crippen LogP contribution in [-0.2, 0) is 9.05 Å². The van der Waals surface area contributed by atoms with Crippen LogP contribution >= 0.6 is 8.17 Å². The molecule has 0 heterocycles. The number of nitrogens with zero attached hydrogens (tertiary/aromatic N) is 1. The molecule has 0 bridgehead atoms. The van der Waals surface area contributed by atoms with Crippen LogP contribution in [0.4, 0.5) is 5.69 Å². The van der Waals surface area contributed by atoms with Crippen molar-refractivity contribution in [1.29, 1.82) is 0 Å². The van der Waals surface area contributed by atoms with Crippen molar-refractivity contribution >= 4 is 13.9 Å². The van der Waals surface area contributed by atoms with Crippen LogP contribution in [0, 0.1) is 0 Å². The van der Waals surface area contributed by atoms with Crippen molar-refractivity contribution in [3.8, 4) is 0 Å². The Hall–Kier alpha value is -0.760. The zero-order chi connectivity index (χ0) is 8.81. The van der Waals surface area contributed by atoms with Crippen LogP contribution in [0.1, 0.15) is 0 Å². The summed E-state index contributed by atoms with van der Waals surface area (Å²) in [7, 11) is 2.06. The third-order valence-electron chi connectivity index (χ3n) is 1.27. The van der Waals surface area contributed by atoms with Crippen LogP contribution in [0.5, 0.6) is 0 Å². The smallest absolute Gasteiger partial charge is 0.137 e. The van der Waals surface area contributed by atoms with Gasteiger partial charge in [-0.05, 0) is 16.9 Å². The molecule has 1 aromatic carbocycles. The molecule has 0 aliphatic rings. The van der Waals surface area contributed by atoms with Gasteiger partial charge in [-0.3, -0.25) is 0 Å². The third kappa shape index (κ3) is 2.70. The van der Waals surface area contributed by atoms with Crippen molar-refractivity contribution in [3.63, 3.8) is 0 Å². The summed E-state index contributed by atoms with van der Waals surface area (Å²) < 4.78 is 14.2. The predicted molar refractivity (Wildman–Crippen MR) is 49.5 cm³/mol. The topological polar surface area (TPSA) is 30.8 Å². The van der Waals surface area contributed by atoms with Crippen LogP contribution in [0.3, 0.4) is 0 Å². The quantitative estimate of drug-likeness (QED) is 0.675. The maximum atomic E-state index is 4.98. The van der Waals surface area contributed by atoms with E-state index in [2.05, 4.69) is 4.74 Å². The summed E-state index contributed by atoms with van der Waals surface area (Å²) in [5, 5.41) is 0. The molecule has 0 aliphatic heterocycles. The molecule has 1 rings (SSSR count). The van der Waals surface area contributed by atoms with Crippen molar-refractivity contribution < 1.29 is 9.05 Å². The van der Waals surface area contributed by atoms with Gasteiger partial charge >= 0.3 is 8.17 Å². The lowest BCUT2D eigenvalue weighted by Crippen LogP contribution is -1.70. The van der Waals surface area contributed by atoms with E-state index in [4.69, 9.17) is 9.05 Å². The maximum Gasteiger partial charge on any atom is 0.564 e. The monoisotopic (exact) mass is 184 g/mol. The van der Waals surface area contributed by atoms with E-state index in [0.717, 1.165) is 5.69 Å². The average molecular weight is 184 g/mol. The van der Waals surface area contributed by atoms with E-state index in [-0.39, 0.29) is 0 Å². The van der Waals surface area contributed by atoms with Gasteiger partial charge in [-0.1, -0.05) is 18.2 Å². The number of hydrogen-bond acceptors (Lipinski definition) is 3. The predicted octanol–water partition coefficient (Wildman–Crippen LogP) is 3.11. The van der Waals surface area contributed by atoms with Gasteiger partial charge in [0.05, 0.1) is 14.2 Å². The first-order valence-corrected chi connectivity index (χ1v) is 4.65. The van der Waals surface area contributed by atoms with Crippen molar-refractivity contribution in [2.45, 2.75) is 0 Å². The molecule has 0 amide bonds. The molecular formula is C8H11NO2P+. The van der Waals surface area contributed by atoms with E-state index < -0.39 is 8.17 Å². The van der Waals surface area contributed by atoms with Gasteiger partial charge in [-0.15, -0.1) is 9.05 Å². The van der Waals surface area contributed by atoms with Gasteiger partial charge in [0.15, 0.2) is 0 Å². The molecule has 64 valence electrons. The SMILES string of the molecule is CO[P+](=Nc1ccccc1)OC. The minimum Gasteiger partial charge on any atom is -0.137 e. The van der Waals surface area contributed by atoms with Gasteiger partial charge in [0, 0.05) is 0 Å². The molecule has 0 fully saturated rings. The molecule has 0 saturated carbocycles. The highest BCUT2D eigenvalue weighted by Gasteiger charge is 2.11. The first kappa shape index (κ1) is 9.33. The summed E-state index contributed by atoms with van der Waals surface area (Å²) in [5.74, 6) is 0. The van der Waals surface area contributed by atoms with Crippen LogP contribution in [0.25, 0.3) is 0 Å². The first-order valence-electron chi connectivity index (χ1n) is 3.52. The maximum absolute atomic E-state index is 4.98. The minimum atomic E-state index is -1.11. The van der Waals surface area contributed by atoms with Gasteiger partial charge in [-0.2, -0.15) is 0 Å². The highest BCUT2D eigenvalue weighted by atomic mass is 31.1. The Bertz CT molecular complexity index is 255. The minimum absolute atomic E-state index is 0.882. The molecule has 1 aromatic rings. The molecule has 0 unspecified atom stereocenters. The van der Waals surface area contributed by atoms with Gasteiger partial charge in [0.25, 0.3) is 0 Å². The Morgan fingerprint density at radius 3 is 2.17 bits per heavy atom. The van der Waals surface area contributed by atoms with E-state index in [1.807, 2.05) is 30.3 Å². The number of rotatable bonds is 3. The van der Waals surface area contributed by atoms with Crippen molar-refractivity contribution in [3.05, 3.63) is 30.3 Å². The fourth-order valence-corrected chi connectivity index (χ4v) is 1.38. The second-order valence-electron chi connectivity index (χ2n) is 2.04. The highest BCUT2D eigenvalue weighted by Crippen LogP contribution is 2.31. The second kappa shape index (κ2) is 4.99. The van der Waals surface area contributed by atoms with Crippen molar-refractivity contribution in [2.75, 3.05) is 14.2 Å². The molecule has 0 saturated heterocycles. The lowest BCUT2D eigenvalue weighted by molar-refractivity contribution is 0.351. The van der Waals surface area contributed by atoms with Crippen LogP contribution in [0.2, 0.25) is 0 Å². The van der Waals surface area contributed by atoms with Crippen molar-refractivity contribution in [2.24, 2.45) is 4.74 Å². The van der Waals surface area contributed by atoms with Crippen LogP contribution in [0.15, 0.2) is 35.1 Å². The molecule has 0 aromatic heterocycles. The second-order valence-corrected chi connectivity index (χ2v) is 3.44. The summed E-state index contributed by atoms with van der Waals surface area (Å²) in [6.07, 6.45) is 0. The fourth-order valence-electron chi connectivity index (χ4n) is 0.745. The molecule has 0 aliphatic carbocycles. The standard InChI is InChI=1S/C8H11NO2P/c1-10-12(11-2)9-8-6-4-3-5-7-8/h3-7H,1-2H3/q+1. The molecule has 4 heteroatoms. The lowest BCUT2D eigenvalue weighted by atomic mass is 10.3. The highest BCUT2D eigenvalue weighted by molar-refractivity contribution is 7.36. The van der Waals surface area contributed by atoms with Gasteiger partial charge in [-0.25, -0.2) is 0 Å². The zero-order valence-corrected chi connectivity index (χ0v) is 7.99. The molecule has 0 radical (unpaired) electrons.